The van der Waals surface area contributed by atoms with Crippen molar-refractivity contribution in [3.8, 4) is 28.6 Å². The number of nitrogens with one attached hydrogen (secondary N) is 1. The third-order valence-corrected chi connectivity index (χ3v) is 7.28. The van der Waals surface area contributed by atoms with Crippen LogP contribution in [0.15, 0.2) is 72.0 Å². The van der Waals surface area contributed by atoms with E-state index in [4.69, 9.17) is 4.74 Å². The molecule has 1 fully saturated rings. The van der Waals surface area contributed by atoms with Gasteiger partial charge >= 0.3 is 24.7 Å². The van der Waals surface area contributed by atoms with Gasteiger partial charge in [-0.1, -0.05) is 17.8 Å². The number of thioether (sulfide) groups is 1. The number of carbonyl (C=O) groups excluding carboxylic acids is 2. The summed E-state index contributed by atoms with van der Waals surface area (Å²) >= 11 is 0.733. The fourth-order valence-corrected chi connectivity index (χ4v) is 5.20. The summed E-state index contributed by atoms with van der Waals surface area (Å²) < 4.78 is 128. The molecule has 0 radical (unpaired) electrons. The van der Waals surface area contributed by atoms with Crippen molar-refractivity contribution in [3.63, 3.8) is 0 Å². The van der Waals surface area contributed by atoms with E-state index in [0.717, 1.165) is 51.9 Å². The predicted octanol–water partition coefficient (Wildman–Crippen LogP) is 7.77. The van der Waals surface area contributed by atoms with E-state index in [1.807, 2.05) is 5.32 Å². The van der Waals surface area contributed by atoms with E-state index in [1.54, 1.807) is 6.92 Å². The highest BCUT2D eigenvalue weighted by Gasteiger charge is 2.37. The molecule has 0 aliphatic carbocycles. The second-order valence-corrected chi connectivity index (χ2v) is 11.0. The molecule has 5 rings (SSSR count). The van der Waals surface area contributed by atoms with E-state index >= 15 is 0 Å². The van der Waals surface area contributed by atoms with Gasteiger partial charge in [-0.05, 0) is 67.1 Å². The number of amides is 3. The molecule has 0 atom stereocenters. The Hall–Kier alpha value is -5.27. The lowest BCUT2D eigenvalue weighted by Gasteiger charge is -2.21. The van der Waals surface area contributed by atoms with Crippen LogP contribution in [0.5, 0.6) is 11.5 Å². The van der Waals surface area contributed by atoms with Crippen LogP contribution >= 0.6 is 11.8 Å². The zero-order chi connectivity index (χ0) is 35.7. The monoisotopic (exact) mass is 718 g/mol. The Kier molecular flexibility index (Phi) is 9.53. The number of aromatic nitrogens is 3. The first-order valence-electron chi connectivity index (χ1n) is 13.5. The zero-order valence-corrected chi connectivity index (χ0v) is 25.3. The number of rotatable bonds is 7. The minimum atomic E-state index is -5.01. The predicted molar refractivity (Wildman–Crippen MR) is 158 cm³/mol. The summed E-state index contributed by atoms with van der Waals surface area (Å²) in [5, 5.41) is 5.77. The zero-order valence-electron chi connectivity index (χ0n) is 24.4. The van der Waals surface area contributed by atoms with Crippen LogP contribution < -0.4 is 19.7 Å². The van der Waals surface area contributed by atoms with Gasteiger partial charge in [0.1, 0.15) is 17.8 Å². The number of aliphatic imine (C=N–C) groups is 1. The average Bonchev–Trinajstić information content (AvgIpc) is 3.62. The highest BCUT2D eigenvalue weighted by atomic mass is 32.2. The van der Waals surface area contributed by atoms with Crippen molar-refractivity contribution < 1.29 is 58.6 Å². The highest BCUT2D eigenvalue weighted by molar-refractivity contribution is 8.15. The summed E-state index contributed by atoms with van der Waals surface area (Å²) in [5.41, 5.74) is -1.60. The molecular weight excluding hydrogens is 699 g/mol. The fourth-order valence-electron chi connectivity index (χ4n) is 4.34. The number of hydrogen-bond donors (Lipinski definition) is 1. The Labute approximate surface area is 273 Å². The molecule has 4 aromatic rings. The second-order valence-electron chi connectivity index (χ2n) is 10.0. The number of carbonyl (C=O) groups is 2. The number of hydrogen-bond acceptors (Lipinski definition) is 7. The van der Waals surface area contributed by atoms with Crippen LogP contribution in [-0.2, 0) is 11.0 Å². The van der Waals surface area contributed by atoms with Crippen molar-refractivity contribution in [1.29, 1.82) is 0 Å². The molecule has 1 saturated heterocycles. The van der Waals surface area contributed by atoms with Crippen LogP contribution in [0.3, 0.4) is 0 Å². The molecule has 49 heavy (non-hydrogen) atoms. The summed E-state index contributed by atoms with van der Waals surface area (Å²) in [4.78, 5) is 34.1. The topological polar surface area (TPSA) is 111 Å². The number of nitrogens with zero attached hydrogens (tertiary/aromatic N) is 5. The Bertz CT molecular complexity index is 1910. The first-order valence-corrected chi connectivity index (χ1v) is 14.5. The average molecular weight is 719 g/mol. The molecule has 3 amide bonds. The van der Waals surface area contributed by atoms with Gasteiger partial charge in [0, 0.05) is 5.56 Å². The largest absolute Gasteiger partial charge is 0.573 e. The first-order chi connectivity index (χ1) is 22.9. The maximum Gasteiger partial charge on any atom is 0.573 e. The van der Waals surface area contributed by atoms with Crippen molar-refractivity contribution >= 4 is 40.2 Å². The summed E-state index contributed by atoms with van der Waals surface area (Å²) in [5.74, 6) is -1.98. The minimum absolute atomic E-state index is 0.138. The maximum absolute atomic E-state index is 14.1. The number of aryl methyl sites for hydroxylation is 1. The summed E-state index contributed by atoms with van der Waals surface area (Å²) in [6, 6.07) is 9.80. The van der Waals surface area contributed by atoms with Crippen LogP contribution in [-0.4, -0.2) is 56.8 Å². The molecule has 1 aliphatic heterocycles. The molecular formula is C29H19F9N6O4S. The van der Waals surface area contributed by atoms with Crippen LogP contribution in [0.4, 0.5) is 55.7 Å². The molecule has 2 heterocycles. The number of anilines is 2. The van der Waals surface area contributed by atoms with E-state index in [1.165, 1.54) is 30.3 Å². The van der Waals surface area contributed by atoms with Crippen molar-refractivity contribution in [2.75, 3.05) is 22.6 Å². The smallest absolute Gasteiger partial charge is 0.482 e. The Morgan fingerprint density at radius 2 is 1.69 bits per heavy atom. The van der Waals surface area contributed by atoms with Gasteiger partial charge in [-0.15, -0.1) is 18.3 Å². The molecule has 10 nitrogen and oxygen atoms in total. The number of amidine groups is 1. The van der Waals surface area contributed by atoms with E-state index in [2.05, 4.69) is 19.8 Å². The van der Waals surface area contributed by atoms with Crippen LogP contribution in [0.1, 0.15) is 11.1 Å². The van der Waals surface area contributed by atoms with Crippen LogP contribution in [0.2, 0.25) is 0 Å². The minimum Gasteiger partial charge on any atom is -0.482 e. The van der Waals surface area contributed by atoms with Crippen molar-refractivity contribution in [2.45, 2.75) is 25.6 Å². The van der Waals surface area contributed by atoms with Crippen LogP contribution in [0, 0.1) is 6.92 Å². The number of ether oxygens (including phenoxy) is 2. The van der Waals surface area contributed by atoms with Gasteiger partial charge in [0.2, 0.25) is 5.91 Å². The van der Waals surface area contributed by atoms with E-state index in [9.17, 15) is 49.1 Å². The maximum atomic E-state index is 14.1. The van der Waals surface area contributed by atoms with Gasteiger partial charge in [-0.2, -0.15) is 31.3 Å². The fraction of sp³-hybridized carbons (Fsp3) is 0.207. The molecule has 0 saturated carbocycles. The molecule has 258 valence electrons. The highest BCUT2D eigenvalue weighted by Crippen LogP contribution is 2.39. The van der Waals surface area contributed by atoms with Gasteiger partial charge in [0.25, 0.3) is 0 Å². The summed E-state index contributed by atoms with van der Waals surface area (Å²) in [7, 11) is 0. The van der Waals surface area contributed by atoms with E-state index in [-0.39, 0.29) is 39.4 Å². The Morgan fingerprint density at radius 1 is 0.980 bits per heavy atom. The third-order valence-electron chi connectivity index (χ3n) is 6.36. The number of alkyl halides is 9. The Morgan fingerprint density at radius 3 is 2.35 bits per heavy atom. The lowest BCUT2D eigenvalue weighted by molar-refractivity contribution is -0.274. The number of benzene rings is 3. The SMILES string of the molecule is Cc1ccc(OCC(F)(F)F)c(N2C(=O)CS/C2=N\C(=O)Nc2ccc(-c3ncn(-c4ccc(OC(F)(F)F)cc4)n3)cc2C(F)(F)F)c1. The molecule has 0 unspecified atom stereocenters. The van der Waals surface area contributed by atoms with Gasteiger partial charge in [0.15, 0.2) is 17.6 Å². The standard InChI is InChI=1S/C29H19F9N6O4S/c1-15-2-9-22(47-13-27(30,31)32)21(10-15)44-23(45)12-49-26(44)41-25(46)40-20-8-3-16(11-19(20)28(33,34)35)24-39-14-43(42-24)17-4-6-18(7-5-17)48-29(36,37)38/h2-11,14H,12-13H2,1H3,(H,40,46)/b41-26-. The Balaban J connectivity index is 1.38. The third kappa shape index (κ3) is 8.80. The molecule has 0 spiro atoms. The number of halogens is 9. The van der Waals surface area contributed by atoms with Gasteiger partial charge < -0.3 is 14.8 Å². The van der Waals surface area contributed by atoms with E-state index < -0.39 is 54.3 Å². The van der Waals surface area contributed by atoms with Crippen molar-refractivity contribution in [3.05, 3.63) is 78.1 Å². The van der Waals surface area contributed by atoms with Gasteiger partial charge in [-0.25, -0.2) is 14.5 Å². The summed E-state index contributed by atoms with van der Waals surface area (Å²) in [6.45, 7) is -0.0873. The molecule has 1 N–H and O–H groups in total. The van der Waals surface area contributed by atoms with Crippen molar-refractivity contribution in [1.82, 2.24) is 14.8 Å². The molecule has 1 aromatic heterocycles. The van der Waals surface area contributed by atoms with Crippen molar-refractivity contribution in [2.24, 2.45) is 4.99 Å². The second kappa shape index (κ2) is 13.3. The molecule has 3 aromatic carbocycles. The molecule has 20 heteroatoms. The lowest BCUT2D eigenvalue weighted by Crippen LogP contribution is -2.31. The molecule has 1 aliphatic rings. The molecule has 0 bridgehead atoms. The van der Waals surface area contributed by atoms with Gasteiger partial charge in [0.05, 0.1) is 28.4 Å². The first kappa shape index (κ1) is 35.0. The lowest BCUT2D eigenvalue weighted by atomic mass is 10.1. The van der Waals surface area contributed by atoms with E-state index in [0.29, 0.717) is 11.6 Å². The number of urea groups is 1. The quantitative estimate of drug-likeness (QED) is 0.195. The summed E-state index contributed by atoms with van der Waals surface area (Å²) in [6.07, 6.45) is -13.5. The van der Waals surface area contributed by atoms with Crippen LogP contribution in [0.25, 0.3) is 17.1 Å². The normalized spacial score (nSPS) is 14.8. The van der Waals surface area contributed by atoms with Gasteiger partial charge in [-0.3, -0.25) is 9.69 Å².